The molecule has 0 aromatic heterocycles. The molecule has 1 saturated carbocycles. The van der Waals surface area contributed by atoms with Gasteiger partial charge in [-0.3, -0.25) is 4.79 Å². The summed E-state index contributed by atoms with van der Waals surface area (Å²) in [4.78, 5) is 25.8. The maximum Gasteiger partial charge on any atom is 0.317 e. The highest BCUT2D eigenvalue weighted by molar-refractivity contribution is 5.80. The Morgan fingerprint density at radius 3 is 2.73 bits per heavy atom. The summed E-state index contributed by atoms with van der Waals surface area (Å²) in [5.74, 6) is -0.649. The lowest BCUT2D eigenvalue weighted by Crippen LogP contribution is -2.42. The van der Waals surface area contributed by atoms with Gasteiger partial charge in [0.1, 0.15) is 0 Å². The second-order valence-electron chi connectivity index (χ2n) is 6.51. The molecule has 1 unspecified atom stereocenters. The second kappa shape index (κ2) is 5.63. The van der Waals surface area contributed by atoms with Gasteiger partial charge in [-0.25, -0.2) is 4.79 Å². The maximum atomic E-state index is 12.4. The molecule has 2 N–H and O–H groups in total. The molecule has 2 fully saturated rings. The van der Waals surface area contributed by atoms with E-state index in [0.29, 0.717) is 19.5 Å². The first kappa shape index (κ1) is 14.9. The van der Waals surface area contributed by atoms with Gasteiger partial charge in [-0.2, -0.15) is 0 Å². The zero-order valence-electron chi connectivity index (χ0n) is 12.8. The van der Waals surface area contributed by atoms with Crippen molar-refractivity contribution < 1.29 is 14.7 Å². The van der Waals surface area contributed by atoms with Gasteiger partial charge < -0.3 is 15.3 Å². The minimum atomic E-state index is -0.749. The van der Waals surface area contributed by atoms with Crippen LogP contribution in [0.5, 0.6) is 0 Å². The number of benzene rings is 1. The Morgan fingerprint density at radius 2 is 2.09 bits per heavy atom. The fourth-order valence-corrected chi connectivity index (χ4v) is 3.90. The number of hydrogen-bond acceptors (Lipinski definition) is 2. The first-order valence-electron chi connectivity index (χ1n) is 7.87. The molecule has 2 aliphatic rings. The van der Waals surface area contributed by atoms with Crippen LogP contribution in [-0.2, 0) is 4.79 Å². The van der Waals surface area contributed by atoms with Gasteiger partial charge in [0.25, 0.3) is 0 Å². The fourth-order valence-electron chi connectivity index (χ4n) is 3.90. The molecule has 5 nitrogen and oxygen atoms in total. The van der Waals surface area contributed by atoms with Crippen LogP contribution >= 0.6 is 0 Å². The summed E-state index contributed by atoms with van der Waals surface area (Å²) in [6.07, 6.45) is 2.54. The minimum absolute atomic E-state index is 0.0880. The van der Waals surface area contributed by atoms with E-state index in [9.17, 15) is 14.7 Å². The average Bonchev–Trinajstić information content (AvgIpc) is 3.06. The van der Waals surface area contributed by atoms with E-state index in [0.717, 1.165) is 18.4 Å². The van der Waals surface area contributed by atoms with Crippen LogP contribution in [0, 0.1) is 11.3 Å². The molecular weight excluding hydrogens is 280 g/mol. The molecular formula is C17H22N2O3. The molecule has 5 heteroatoms. The van der Waals surface area contributed by atoms with Crippen LogP contribution in [0.1, 0.15) is 37.8 Å². The van der Waals surface area contributed by atoms with E-state index in [1.165, 1.54) is 0 Å². The number of carboxylic acid groups (broad SMARTS) is 1. The van der Waals surface area contributed by atoms with Gasteiger partial charge in [-0.1, -0.05) is 36.8 Å². The van der Waals surface area contributed by atoms with Gasteiger partial charge in [0, 0.05) is 13.1 Å². The van der Waals surface area contributed by atoms with Crippen molar-refractivity contribution in [3.8, 4) is 0 Å². The summed E-state index contributed by atoms with van der Waals surface area (Å²) in [6, 6.07) is 9.53. The lowest BCUT2D eigenvalue weighted by Gasteiger charge is -2.24. The Bertz CT molecular complexity index is 575. The summed E-state index contributed by atoms with van der Waals surface area (Å²) >= 11 is 0. The number of amides is 2. The molecule has 1 aromatic rings. The Balaban J connectivity index is 1.66. The van der Waals surface area contributed by atoms with Gasteiger partial charge >= 0.3 is 12.0 Å². The molecule has 2 amide bonds. The smallest absolute Gasteiger partial charge is 0.317 e. The Morgan fingerprint density at radius 1 is 1.36 bits per heavy atom. The zero-order chi connectivity index (χ0) is 15.7. The first-order valence-corrected chi connectivity index (χ1v) is 7.87. The van der Waals surface area contributed by atoms with Crippen LogP contribution in [-0.4, -0.2) is 35.1 Å². The molecule has 0 radical (unpaired) electrons. The number of carboxylic acids is 1. The normalized spacial score (nSPS) is 28.2. The number of aliphatic carboxylic acids is 1. The van der Waals surface area contributed by atoms with Crippen molar-refractivity contribution in [1.82, 2.24) is 10.2 Å². The predicted molar refractivity (Wildman–Crippen MR) is 82.4 cm³/mol. The monoisotopic (exact) mass is 302 g/mol. The van der Waals surface area contributed by atoms with Crippen molar-refractivity contribution in [1.29, 1.82) is 0 Å². The van der Waals surface area contributed by atoms with E-state index >= 15 is 0 Å². The molecule has 3 atom stereocenters. The van der Waals surface area contributed by atoms with Crippen molar-refractivity contribution in [3.05, 3.63) is 35.9 Å². The quantitative estimate of drug-likeness (QED) is 0.902. The van der Waals surface area contributed by atoms with Crippen LogP contribution in [0.2, 0.25) is 0 Å². The van der Waals surface area contributed by atoms with E-state index in [1.54, 1.807) is 4.90 Å². The number of nitrogens with one attached hydrogen (secondary N) is 1. The van der Waals surface area contributed by atoms with Gasteiger partial charge in [0.05, 0.1) is 11.5 Å². The Hall–Kier alpha value is -2.04. The number of urea groups is 1. The summed E-state index contributed by atoms with van der Waals surface area (Å²) < 4.78 is 0. The molecule has 1 aromatic carbocycles. The second-order valence-corrected chi connectivity index (χ2v) is 6.51. The minimum Gasteiger partial charge on any atom is -0.481 e. The van der Waals surface area contributed by atoms with E-state index in [4.69, 9.17) is 0 Å². The number of fused-ring (bicyclic) bond motifs is 1. The van der Waals surface area contributed by atoms with E-state index in [1.807, 2.05) is 37.3 Å². The fraction of sp³-hybridized carbons (Fsp3) is 0.529. The van der Waals surface area contributed by atoms with Crippen LogP contribution in [0.15, 0.2) is 30.3 Å². The lowest BCUT2D eigenvalue weighted by atomic mass is 9.81. The lowest BCUT2D eigenvalue weighted by molar-refractivity contribution is -0.149. The molecule has 1 aliphatic heterocycles. The highest BCUT2D eigenvalue weighted by Gasteiger charge is 2.55. The number of nitrogens with zero attached hydrogens (tertiary/aromatic N) is 1. The number of likely N-dealkylation sites (tertiary alicyclic amines) is 1. The molecule has 1 saturated heterocycles. The number of rotatable bonds is 3. The van der Waals surface area contributed by atoms with E-state index in [-0.39, 0.29) is 18.0 Å². The third-order valence-electron chi connectivity index (χ3n) is 5.22. The SMILES string of the molecule is CC(NC(=O)N1C[C@@H]2CCC[C@@]2(C(=O)O)C1)c1ccccc1. The molecule has 0 bridgehead atoms. The largest absolute Gasteiger partial charge is 0.481 e. The maximum absolute atomic E-state index is 12.4. The van der Waals surface area contributed by atoms with Gasteiger partial charge in [0.15, 0.2) is 0 Å². The Labute approximate surface area is 130 Å². The number of hydrogen-bond donors (Lipinski definition) is 2. The van der Waals surface area contributed by atoms with Gasteiger partial charge in [0.2, 0.25) is 0 Å². The summed E-state index contributed by atoms with van der Waals surface area (Å²) in [7, 11) is 0. The van der Waals surface area contributed by atoms with Gasteiger partial charge in [-0.05, 0) is 31.2 Å². The third-order valence-corrected chi connectivity index (χ3v) is 5.22. The van der Waals surface area contributed by atoms with Gasteiger partial charge in [-0.15, -0.1) is 0 Å². The van der Waals surface area contributed by atoms with Crippen molar-refractivity contribution in [2.24, 2.45) is 11.3 Å². The predicted octanol–water partition coefficient (Wildman–Crippen LogP) is 2.64. The molecule has 3 rings (SSSR count). The summed E-state index contributed by atoms with van der Waals surface area (Å²) in [5.41, 5.74) is 0.330. The highest BCUT2D eigenvalue weighted by Crippen LogP contribution is 2.48. The van der Waals surface area contributed by atoms with E-state index in [2.05, 4.69) is 5.32 Å². The molecule has 1 aliphatic carbocycles. The standard InChI is InChI=1S/C17H22N2O3/c1-12(13-6-3-2-4-7-13)18-16(22)19-10-14-8-5-9-17(14,11-19)15(20)21/h2-4,6-7,12,14H,5,8-11H2,1H3,(H,18,22)(H,20,21)/t12?,14-,17+/m0/s1. The number of carbonyl (C=O) groups excluding carboxylic acids is 1. The summed E-state index contributed by atoms with van der Waals surface area (Å²) in [5, 5.41) is 12.6. The first-order chi connectivity index (χ1) is 10.5. The van der Waals surface area contributed by atoms with Crippen LogP contribution in [0.3, 0.4) is 0 Å². The molecule has 22 heavy (non-hydrogen) atoms. The Kier molecular flexibility index (Phi) is 3.81. The zero-order valence-corrected chi connectivity index (χ0v) is 12.8. The molecule has 118 valence electrons. The van der Waals surface area contributed by atoms with Crippen molar-refractivity contribution in [2.45, 2.75) is 32.2 Å². The average molecular weight is 302 g/mol. The highest BCUT2D eigenvalue weighted by atomic mass is 16.4. The van der Waals surface area contributed by atoms with Crippen LogP contribution < -0.4 is 5.32 Å². The van der Waals surface area contributed by atoms with Crippen molar-refractivity contribution in [2.75, 3.05) is 13.1 Å². The van der Waals surface area contributed by atoms with Crippen LogP contribution in [0.4, 0.5) is 4.79 Å². The van der Waals surface area contributed by atoms with E-state index < -0.39 is 11.4 Å². The van der Waals surface area contributed by atoms with Crippen molar-refractivity contribution >= 4 is 12.0 Å². The third kappa shape index (κ3) is 2.45. The van der Waals surface area contributed by atoms with Crippen LogP contribution in [0.25, 0.3) is 0 Å². The molecule has 0 spiro atoms. The molecule has 1 heterocycles. The topological polar surface area (TPSA) is 69.6 Å². The van der Waals surface area contributed by atoms with Crippen molar-refractivity contribution in [3.63, 3.8) is 0 Å². The number of carbonyl (C=O) groups is 2. The summed E-state index contributed by atoms with van der Waals surface area (Å²) in [6.45, 7) is 2.83.